The highest BCUT2D eigenvalue weighted by atomic mass is 16.1. The van der Waals surface area contributed by atoms with Crippen LogP contribution < -0.4 is 10.6 Å². The number of hydrogen-bond acceptors (Lipinski definition) is 3. The Kier molecular flexibility index (Phi) is 5.46. The van der Waals surface area contributed by atoms with Gasteiger partial charge in [-0.05, 0) is 31.4 Å². The summed E-state index contributed by atoms with van der Waals surface area (Å²) >= 11 is 0. The van der Waals surface area contributed by atoms with Gasteiger partial charge in [0.25, 0.3) is 5.91 Å². The molecule has 0 saturated carbocycles. The standard InChI is InChI=1S/C13H21N3O/c1-4-14-12-6-5-11(9-16-12)13(17)15-8-7-10(2)3/h5-6,9-10H,4,7-8H2,1-3H3,(H,14,16)(H,15,17). The highest BCUT2D eigenvalue weighted by Gasteiger charge is 2.05. The SMILES string of the molecule is CCNc1ccc(C(=O)NCCC(C)C)cn1. The lowest BCUT2D eigenvalue weighted by Gasteiger charge is -2.07. The van der Waals surface area contributed by atoms with Crippen LogP contribution in [0.25, 0.3) is 0 Å². The number of carbonyl (C=O) groups excluding carboxylic acids is 1. The summed E-state index contributed by atoms with van der Waals surface area (Å²) in [6, 6.07) is 3.61. The molecule has 0 radical (unpaired) electrons. The van der Waals surface area contributed by atoms with Crippen molar-refractivity contribution in [3.05, 3.63) is 23.9 Å². The van der Waals surface area contributed by atoms with Crippen molar-refractivity contribution < 1.29 is 4.79 Å². The van der Waals surface area contributed by atoms with E-state index in [1.807, 2.05) is 13.0 Å². The van der Waals surface area contributed by atoms with Crippen LogP contribution in [-0.2, 0) is 0 Å². The van der Waals surface area contributed by atoms with Crippen molar-refractivity contribution in [3.63, 3.8) is 0 Å². The van der Waals surface area contributed by atoms with Crippen molar-refractivity contribution >= 4 is 11.7 Å². The van der Waals surface area contributed by atoms with E-state index in [1.165, 1.54) is 0 Å². The van der Waals surface area contributed by atoms with Gasteiger partial charge in [-0.15, -0.1) is 0 Å². The predicted octanol–water partition coefficient (Wildman–Crippen LogP) is 2.29. The summed E-state index contributed by atoms with van der Waals surface area (Å²) in [7, 11) is 0. The summed E-state index contributed by atoms with van der Waals surface area (Å²) in [5.74, 6) is 1.34. The van der Waals surface area contributed by atoms with E-state index in [0.29, 0.717) is 18.0 Å². The number of aromatic nitrogens is 1. The molecule has 1 rings (SSSR count). The van der Waals surface area contributed by atoms with Gasteiger partial charge in [-0.2, -0.15) is 0 Å². The Labute approximate surface area is 103 Å². The van der Waals surface area contributed by atoms with Crippen LogP contribution in [-0.4, -0.2) is 24.0 Å². The predicted molar refractivity (Wildman–Crippen MR) is 70.2 cm³/mol. The minimum atomic E-state index is -0.0544. The molecule has 94 valence electrons. The van der Waals surface area contributed by atoms with Gasteiger partial charge in [0.1, 0.15) is 5.82 Å². The highest BCUT2D eigenvalue weighted by Crippen LogP contribution is 2.05. The first-order valence-electron chi connectivity index (χ1n) is 6.11. The molecule has 4 heteroatoms. The van der Waals surface area contributed by atoms with E-state index in [9.17, 15) is 4.79 Å². The van der Waals surface area contributed by atoms with Gasteiger partial charge >= 0.3 is 0 Å². The third-order valence-corrected chi connectivity index (χ3v) is 2.39. The minimum absolute atomic E-state index is 0.0544. The Balaban J connectivity index is 2.46. The fourth-order valence-electron chi connectivity index (χ4n) is 1.39. The molecule has 1 amide bonds. The average Bonchev–Trinajstić information content (AvgIpc) is 2.30. The van der Waals surface area contributed by atoms with E-state index in [4.69, 9.17) is 0 Å². The Hall–Kier alpha value is -1.58. The molecule has 0 aliphatic heterocycles. The number of hydrogen-bond donors (Lipinski definition) is 2. The lowest BCUT2D eigenvalue weighted by molar-refractivity contribution is 0.0951. The third kappa shape index (κ3) is 4.85. The van der Waals surface area contributed by atoms with E-state index < -0.39 is 0 Å². The van der Waals surface area contributed by atoms with E-state index in [0.717, 1.165) is 18.8 Å². The van der Waals surface area contributed by atoms with Gasteiger partial charge in [-0.1, -0.05) is 13.8 Å². The van der Waals surface area contributed by atoms with Gasteiger partial charge in [-0.3, -0.25) is 4.79 Å². The Morgan fingerprint density at radius 1 is 1.41 bits per heavy atom. The zero-order chi connectivity index (χ0) is 12.7. The maximum Gasteiger partial charge on any atom is 0.252 e. The first-order chi connectivity index (χ1) is 8.13. The van der Waals surface area contributed by atoms with Crippen LogP contribution in [0.2, 0.25) is 0 Å². The second-order valence-corrected chi connectivity index (χ2v) is 4.40. The lowest BCUT2D eigenvalue weighted by atomic mass is 10.1. The van der Waals surface area contributed by atoms with Crippen molar-refractivity contribution in [2.24, 2.45) is 5.92 Å². The number of amides is 1. The number of nitrogens with one attached hydrogen (secondary N) is 2. The number of nitrogens with zero attached hydrogens (tertiary/aromatic N) is 1. The molecule has 0 aromatic carbocycles. The van der Waals surface area contributed by atoms with Crippen LogP contribution >= 0.6 is 0 Å². The quantitative estimate of drug-likeness (QED) is 0.795. The molecule has 4 nitrogen and oxygen atoms in total. The first-order valence-corrected chi connectivity index (χ1v) is 6.11. The molecule has 0 unspecified atom stereocenters. The fraction of sp³-hybridized carbons (Fsp3) is 0.538. The molecule has 0 aliphatic carbocycles. The Bertz CT molecular complexity index is 346. The molecule has 0 aliphatic rings. The summed E-state index contributed by atoms with van der Waals surface area (Å²) in [5, 5.41) is 5.97. The summed E-state index contributed by atoms with van der Waals surface area (Å²) in [4.78, 5) is 15.9. The van der Waals surface area contributed by atoms with Gasteiger partial charge in [0, 0.05) is 19.3 Å². The minimum Gasteiger partial charge on any atom is -0.370 e. The second-order valence-electron chi connectivity index (χ2n) is 4.40. The Morgan fingerprint density at radius 3 is 2.71 bits per heavy atom. The van der Waals surface area contributed by atoms with Crippen LogP contribution in [0.1, 0.15) is 37.6 Å². The zero-order valence-electron chi connectivity index (χ0n) is 10.8. The Morgan fingerprint density at radius 2 is 2.18 bits per heavy atom. The summed E-state index contributed by atoms with van der Waals surface area (Å²) in [6.07, 6.45) is 2.59. The van der Waals surface area contributed by atoms with Crippen LogP contribution in [0, 0.1) is 5.92 Å². The third-order valence-electron chi connectivity index (χ3n) is 2.39. The van der Waals surface area contributed by atoms with Crippen LogP contribution in [0.3, 0.4) is 0 Å². The van der Waals surface area contributed by atoms with Crippen molar-refractivity contribution in [1.29, 1.82) is 0 Å². The topological polar surface area (TPSA) is 54.0 Å². The van der Waals surface area contributed by atoms with Crippen LogP contribution in [0.4, 0.5) is 5.82 Å². The summed E-state index contributed by atoms with van der Waals surface area (Å²) in [6.45, 7) is 7.82. The first kappa shape index (κ1) is 13.5. The van der Waals surface area contributed by atoms with E-state index >= 15 is 0 Å². The molecule has 1 heterocycles. The monoisotopic (exact) mass is 235 g/mol. The van der Waals surface area contributed by atoms with Gasteiger partial charge < -0.3 is 10.6 Å². The smallest absolute Gasteiger partial charge is 0.252 e. The molecule has 0 spiro atoms. The summed E-state index contributed by atoms with van der Waals surface area (Å²) in [5.41, 5.74) is 0.607. The van der Waals surface area contributed by atoms with Crippen molar-refractivity contribution in [2.45, 2.75) is 27.2 Å². The van der Waals surface area contributed by atoms with E-state index in [1.54, 1.807) is 12.3 Å². The van der Waals surface area contributed by atoms with Crippen LogP contribution in [0.5, 0.6) is 0 Å². The second kappa shape index (κ2) is 6.89. The largest absolute Gasteiger partial charge is 0.370 e. The van der Waals surface area contributed by atoms with Gasteiger partial charge in [0.05, 0.1) is 5.56 Å². The van der Waals surface area contributed by atoms with Gasteiger partial charge in [0.15, 0.2) is 0 Å². The molecule has 1 aromatic rings. The number of rotatable bonds is 6. The normalized spacial score (nSPS) is 10.4. The van der Waals surface area contributed by atoms with E-state index in [2.05, 4.69) is 29.5 Å². The number of carbonyl (C=O) groups is 1. The fourth-order valence-corrected chi connectivity index (χ4v) is 1.39. The van der Waals surface area contributed by atoms with Crippen molar-refractivity contribution in [3.8, 4) is 0 Å². The van der Waals surface area contributed by atoms with Gasteiger partial charge in [-0.25, -0.2) is 4.98 Å². The lowest BCUT2D eigenvalue weighted by Crippen LogP contribution is -2.25. The number of pyridine rings is 1. The molecule has 0 saturated heterocycles. The summed E-state index contributed by atoms with van der Waals surface area (Å²) < 4.78 is 0. The van der Waals surface area contributed by atoms with Crippen molar-refractivity contribution in [1.82, 2.24) is 10.3 Å². The maximum atomic E-state index is 11.7. The molecule has 0 fully saturated rings. The average molecular weight is 235 g/mol. The van der Waals surface area contributed by atoms with Crippen molar-refractivity contribution in [2.75, 3.05) is 18.4 Å². The van der Waals surface area contributed by atoms with Gasteiger partial charge in [0.2, 0.25) is 0 Å². The highest BCUT2D eigenvalue weighted by molar-refractivity contribution is 5.93. The molecule has 1 aromatic heterocycles. The van der Waals surface area contributed by atoms with Crippen LogP contribution in [0.15, 0.2) is 18.3 Å². The molecule has 0 bridgehead atoms. The molecule has 0 atom stereocenters. The maximum absolute atomic E-state index is 11.7. The number of anilines is 1. The zero-order valence-corrected chi connectivity index (χ0v) is 10.8. The van der Waals surface area contributed by atoms with E-state index in [-0.39, 0.29) is 5.91 Å². The molecular weight excluding hydrogens is 214 g/mol. The molecule has 17 heavy (non-hydrogen) atoms. The molecule has 2 N–H and O–H groups in total. The molecular formula is C13H21N3O.